The van der Waals surface area contributed by atoms with E-state index >= 15 is 0 Å². The monoisotopic (exact) mass is 406 g/mol. The van der Waals surface area contributed by atoms with Gasteiger partial charge in [0.2, 0.25) is 0 Å². The van der Waals surface area contributed by atoms with Crippen molar-refractivity contribution < 1.29 is 18.1 Å². The van der Waals surface area contributed by atoms with Crippen molar-refractivity contribution in [2.75, 3.05) is 0 Å². The lowest BCUT2D eigenvalue weighted by Gasteiger charge is -2.16. The summed E-state index contributed by atoms with van der Waals surface area (Å²) in [6, 6.07) is 0. The molecule has 0 aliphatic heterocycles. The van der Waals surface area contributed by atoms with Crippen LogP contribution in [0.4, 0.5) is 0 Å². The molecule has 164 valence electrons. The van der Waals surface area contributed by atoms with Crippen molar-refractivity contribution in [1.29, 1.82) is 0 Å². The summed E-state index contributed by atoms with van der Waals surface area (Å²) in [6.07, 6.45) is 18.1. The fourth-order valence-corrected chi connectivity index (χ4v) is 4.53. The molecule has 0 aromatic carbocycles. The maximum absolute atomic E-state index is 11.6. The van der Waals surface area contributed by atoms with Gasteiger partial charge < -0.3 is 5.11 Å². The van der Waals surface area contributed by atoms with Crippen molar-refractivity contribution in [2.45, 2.75) is 141 Å². The molecule has 0 saturated carbocycles. The number of hydrogen-bond acceptors (Lipinski definition) is 3. The van der Waals surface area contributed by atoms with E-state index in [2.05, 4.69) is 13.8 Å². The van der Waals surface area contributed by atoms with Crippen LogP contribution >= 0.6 is 0 Å². The molecule has 2 N–H and O–H groups in total. The van der Waals surface area contributed by atoms with Gasteiger partial charge in [0.25, 0.3) is 10.1 Å². The van der Waals surface area contributed by atoms with Crippen LogP contribution in [0.2, 0.25) is 0 Å². The van der Waals surface area contributed by atoms with Gasteiger partial charge in [-0.05, 0) is 25.7 Å². The third-order valence-electron chi connectivity index (χ3n) is 5.51. The molecule has 0 aromatic rings. The van der Waals surface area contributed by atoms with Gasteiger partial charge in [0.05, 0.1) is 11.4 Å². The van der Waals surface area contributed by atoms with Crippen molar-refractivity contribution in [2.24, 2.45) is 0 Å². The smallest absolute Gasteiger partial charge is 0.267 e. The van der Waals surface area contributed by atoms with E-state index in [4.69, 9.17) is 0 Å². The molecule has 0 bridgehead atoms. The largest absolute Gasteiger partial charge is 0.393 e. The molecule has 0 aromatic heterocycles. The molecule has 0 heterocycles. The maximum Gasteiger partial charge on any atom is 0.267 e. The standard InChI is InChI=1S/C22H46O4S/c1-3-5-7-9-11-13-15-17-21(23)19-20-22(27(24,25)26)18-16-14-12-10-8-6-4-2/h21-23H,3-20H2,1-2H3,(H,24,25,26). The van der Waals surface area contributed by atoms with Gasteiger partial charge in [0.1, 0.15) is 0 Å². The highest BCUT2D eigenvalue weighted by atomic mass is 32.2. The summed E-state index contributed by atoms with van der Waals surface area (Å²) in [5, 5.41) is 9.41. The van der Waals surface area contributed by atoms with Crippen molar-refractivity contribution in [1.82, 2.24) is 0 Å². The fraction of sp³-hybridized carbons (Fsp3) is 1.00. The van der Waals surface area contributed by atoms with Gasteiger partial charge in [-0.2, -0.15) is 8.42 Å². The highest BCUT2D eigenvalue weighted by molar-refractivity contribution is 7.86. The summed E-state index contributed by atoms with van der Waals surface area (Å²) >= 11 is 0. The van der Waals surface area contributed by atoms with E-state index in [0.717, 1.165) is 38.5 Å². The normalized spacial score (nSPS) is 14.4. The van der Waals surface area contributed by atoms with E-state index < -0.39 is 21.5 Å². The number of unbranched alkanes of at least 4 members (excludes halogenated alkanes) is 12. The summed E-state index contributed by atoms with van der Waals surface area (Å²) in [5.41, 5.74) is 0. The van der Waals surface area contributed by atoms with Crippen LogP contribution in [-0.2, 0) is 10.1 Å². The molecule has 0 saturated heterocycles. The van der Waals surface area contributed by atoms with E-state index in [1.54, 1.807) is 0 Å². The summed E-state index contributed by atoms with van der Waals surface area (Å²) in [4.78, 5) is 0. The predicted molar refractivity (Wildman–Crippen MR) is 116 cm³/mol. The fourth-order valence-electron chi connectivity index (χ4n) is 3.63. The molecule has 0 aliphatic carbocycles. The molecular formula is C22H46O4S. The molecule has 27 heavy (non-hydrogen) atoms. The van der Waals surface area contributed by atoms with Crippen molar-refractivity contribution >= 4 is 10.1 Å². The lowest BCUT2D eigenvalue weighted by atomic mass is 10.0. The van der Waals surface area contributed by atoms with Gasteiger partial charge in [-0.15, -0.1) is 0 Å². The van der Waals surface area contributed by atoms with Gasteiger partial charge in [-0.25, -0.2) is 0 Å². The minimum Gasteiger partial charge on any atom is -0.393 e. The molecule has 2 atom stereocenters. The van der Waals surface area contributed by atoms with Crippen LogP contribution in [0.1, 0.15) is 129 Å². The van der Waals surface area contributed by atoms with Crippen molar-refractivity contribution in [3.05, 3.63) is 0 Å². The van der Waals surface area contributed by atoms with Gasteiger partial charge in [0, 0.05) is 0 Å². The first-order chi connectivity index (χ1) is 12.9. The average Bonchev–Trinajstić information content (AvgIpc) is 2.61. The minimum atomic E-state index is -4.01. The Balaban J connectivity index is 3.86. The molecular weight excluding hydrogens is 360 g/mol. The lowest BCUT2D eigenvalue weighted by molar-refractivity contribution is 0.147. The Morgan fingerprint density at radius 3 is 1.44 bits per heavy atom. The molecule has 0 rings (SSSR count). The Kier molecular flexibility index (Phi) is 17.8. The Bertz CT molecular complexity index is 409. The first-order valence-corrected chi connectivity index (χ1v) is 13.1. The van der Waals surface area contributed by atoms with E-state index in [1.807, 2.05) is 0 Å². The summed E-state index contributed by atoms with van der Waals surface area (Å²) in [5.74, 6) is 0. The molecule has 0 amide bonds. The zero-order valence-electron chi connectivity index (χ0n) is 18.0. The zero-order chi connectivity index (χ0) is 20.4. The molecule has 2 unspecified atom stereocenters. The van der Waals surface area contributed by atoms with E-state index in [-0.39, 0.29) is 0 Å². The van der Waals surface area contributed by atoms with E-state index in [9.17, 15) is 18.1 Å². The van der Waals surface area contributed by atoms with Crippen molar-refractivity contribution in [3.8, 4) is 0 Å². The average molecular weight is 407 g/mol. The minimum absolute atomic E-state index is 0.367. The topological polar surface area (TPSA) is 74.6 Å². The molecule has 5 heteroatoms. The van der Waals surface area contributed by atoms with Crippen LogP contribution in [-0.4, -0.2) is 29.4 Å². The number of aliphatic hydroxyl groups excluding tert-OH is 1. The molecule has 0 aliphatic rings. The van der Waals surface area contributed by atoms with Gasteiger partial charge >= 0.3 is 0 Å². The van der Waals surface area contributed by atoms with Crippen LogP contribution < -0.4 is 0 Å². The van der Waals surface area contributed by atoms with Crippen LogP contribution in [0.15, 0.2) is 0 Å². The zero-order valence-corrected chi connectivity index (χ0v) is 18.8. The Morgan fingerprint density at radius 2 is 1.00 bits per heavy atom. The highest BCUT2D eigenvalue weighted by Gasteiger charge is 2.23. The third-order valence-corrected chi connectivity index (χ3v) is 6.83. The number of aliphatic hydroxyl groups is 1. The first-order valence-electron chi connectivity index (χ1n) is 11.6. The van der Waals surface area contributed by atoms with E-state index in [0.29, 0.717) is 19.3 Å². The maximum atomic E-state index is 11.6. The second kappa shape index (κ2) is 17.9. The molecule has 0 fully saturated rings. The Hall–Kier alpha value is -0.130. The van der Waals surface area contributed by atoms with Gasteiger partial charge in [-0.1, -0.05) is 104 Å². The Morgan fingerprint density at radius 1 is 0.593 bits per heavy atom. The Labute approximate surface area is 169 Å². The van der Waals surface area contributed by atoms with Gasteiger partial charge in [0.15, 0.2) is 0 Å². The molecule has 0 spiro atoms. The predicted octanol–water partition coefficient (Wildman–Crippen LogP) is 6.67. The highest BCUT2D eigenvalue weighted by Crippen LogP contribution is 2.20. The first kappa shape index (κ1) is 26.9. The van der Waals surface area contributed by atoms with Crippen LogP contribution in [0.5, 0.6) is 0 Å². The summed E-state index contributed by atoms with van der Waals surface area (Å²) < 4.78 is 32.7. The summed E-state index contributed by atoms with van der Waals surface area (Å²) in [6.45, 7) is 4.41. The second-order valence-electron chi connectivity index (χ2n) is 8.19. The third kappa shape index (κ3) is 17.7. The summed E-state index contributed by atoms with van der Waals surface area (Å²) in [7, 11) is -4.01. The van der Waals surface area contributed by atoms with Crippen molar-refractivity contribution in [3.63, 3.8) is 0 Å². The van der Waals surface area contributed by atoms with Crippen LogP contribution in [0.3, 0.4) is 0 Å². The lowest BCUT2D eigenvalue weighted by Crippen LogP contribution is -2.22. The molecule has 4 nitrogen and oxygen atoms in total. The van der Waals surface area contributed by atoms with Crippen LogP contribution in [0, 0.1) is 0 Å². The number of hydrogen-bond donors (Lipinski definition) is 2. The quantitative estimate of drug-likeness (QED) is 0.175. The van der Waals surface area contributed by atoms with E-state index in [1.165, 1.54) is 57.8 Å². The van der Waals surface area contributed by atoms with Crippen LogP contribution in [0.25, 0.3) is 0 Å². The SMILES string of the molecule is CCCCCCCCCC(O)CCC(CCCCCCCCC)S(=O)(=O)O. The molecule has 0 radical (unpaired) electrons. The second-order valence-corrected chi connectivity index (χ2v) is 9.88. The number of rotatable bonds is 20. The van der Waals surface area contributed by atoms with Gasteiger partial charge in [-0.3, -0.25) is 4.55 Å².